The van der Waals surface area contributed by atoms with Crippen molar-refractivity contribution in [3.8, 4) is 0 Å². The zero-order chi connectivity index (χ0) is 10.4. The van der Waals surface area contributed by atoms with Gasteiger partial charge in [-0.25, -0.2) is 0 Å². The zero-order valence-electron chi connectivity index (χ0n) is 8.29. The summed E-state index contributed by atoms with van der Waals surface area (Å²) in [5, 5.41) is 2.77. The van der Waals surface area contributed by atoms with E-state index in [1.165, 1.54) is 0 Å². The van der Waals surface area contributed by atoms with Crippen LogP contribution in [0.3, 0.4) is 0 Å². The Bertz CT molecular complexity index is 317. The molecule has 0 aromatic carbocycles. The van der Waals surface area contributed by atoms with Gasteiger partial charge in [-0.2, -0.15) is 0 Å². The van der Waals surface area contributed by atoms with Gasteiger partial charge in [0.2, 0.25) is 0 Å². The Morgan fingerprint density at radius 1 is 1.64 bits per heavy atom. The maximum absolute atomic E-state index is 11.4. The maximum atomic E-state index is 11.4. The van der Waals surface area contributed by atoms with Crippen molar-refractivity contribution in [2.45, 2.75) is 13.3 Å². The normalized spacial score (nSPS) is 9.50. The molecule has 1 rings (SSSR count). The van der Waals surface area contributed by atoms with Crippen LogP contribution in [0, 0.1) is 6.92 Å². The summed E-state index contributed by atoms with van der Waals surface area (Å²) >= 11 is 0. The highest BCUT2D eigenvalue weighted by Gasteiger charge is 2.03. The molecule has 0 unspecified atom stereocenters. The Morgan fingerprint density at radius 2 is 2.43 bits per heavy atom. The van der Waals surface area contributed by atoms with E-state index in [4.69, 9.17) is 0 Å². The van der Waals surface area contributed by atoms with E-state index in [1.807, 2.05) is 13.0 Å². The number of aromatic nitrogens is 1. The Morgan fingerprint density at radius 3 is 3.00 bits per heavy atom. The lowest BCUT2D eigenvalue weighted by Crippen LogP contribution is -2.24. The second kappa shape index (κ2) is 5.17. The molecular formula is C11H14N2O. The molecule has 0 aliphatic rings. The number of carbonyl (C=O) groups excluding carboxylic acids is 1. The monoisotopic (exact) mass is 190 g/mol. The van der Waals surface area contributed by atoms with Gasteiger partial charge in [0.25, 0.3) is 5.91 Å². The van der Waals surface area contributed by atoms with Crippen molar-refractivity contribution in [1.29, 1.82) is 0 Å². The lowest BCUT2D eigenvalue weighted by molar-refractivity contribution is 0.0954. The highest BCUT2D eigenvalue weighted by molar-refractivity contribution is 5.93. The van der Waals surface area contributed by atoms with E-state index >= 15 is 0 Å². The minimum atomic E-state index is -0.0839. The first kappa shape index (κ1) is 10.4. The molecule has 1 heterocycles. The van der Waals surface area contributed by atoms with Crippen LogP contribution in [0.15, 0.2) is 31.0 Å². The highest BCUT2D eigenvalue weighted by Crippen LogP contribution is 1.98. The average molecular weight is 190 g/mol. The van der Waals surface area contributed by atoms with Gasteiger partial charge < -0.3 is 5.32 Å². The van der Waals surface area contributed by atoms with Crippen LogP contribution >= 0.6 is 0 Å². The van der Waals surface area contributed by atoms with Crippen LogP contribution in [0.5, 0.6) is 0 Å². The average Bonchev–Trinajstić information content (AvgIpc) is 2.19. The summed E-state index contributed by atoms with van der Waals surface area (Å²) in [5.41, 5.74) is 1.51. The van der Waals surface area contributed by atoms with Crippen molar-refractivity contribution in [2.24, 2.45) is 0 Å². The molecule has 74 valence electrons. The van der Waals surface area contributed by atoms with Gasteiger partial charge in [-0.05, 0) is 25.5 Å². The summed E-state index contributed by atoms with van der Waals surface area (Å²) in [6.07, 6.45) is 4.14. The van der Waals surface area contributed by atoms with Crippen LogP contribution in [0.1, 0.15) is 22.5 Å². The van der Waals surface area contributed by atoms with Crippen LogP contribution < -0.4 is 5.32 Å². The minimum Gasteiger partial charge on any atom is -0.352 e. The molecule has 0 radical (unpaired) electrons. The Balaban J connectivity index is 2.52. The molecule has 0 aliphatic heterocycles. The largest absolute Gasteiger partial charge is 0.352 e. The van der Waals surface area contributed by atoms with E-state index in [0.29, 0.717) is 12.1 Å². The summed E-state index contributed by atoms with van der Waals surface area (Å²) in [6, 6.07) is 3.59. The Kier molecular flexibility index (Phi) is 3.85. The molecule has 0 aliphatic carbocycles. The third kappa shape index (κ3) is 3.01. The van der Waals surface area contributed by atoms with Crippen LogP contribution in [0.4, 0.5) is 0 Å². The van der Waals surface area contributed by atoms with E-state index in [0.717, 1.165) is 12.1 Å². The molecule has 1 aromatic rings. The minimum absolute atomic E-state index is 0.0839. The first-order valence-electron chi connectivity index (χ1n) is 4.56. The van der Waals surface area contributed by atoms with Crippen molar-refractivity contribution in [3.05, 3.63) is 42.2 Å². The van der Waals surface area contributed by atoms with E-state index in [9.17, 15) is 4.79 Å². The molecule has 3 heteroatoms. The van der Waals surface area contributed by atoms with E-state index < -0.39 is 0 Å². The van der Waals surface area contributed by atoms with E-state index in [-0.39, 0.29) is 5.91 Å². The maximum Gasteiger partial charge on any atom is 0.252 e. The van der Waals surface area contributed by atoms with Gasteiger partial charge >= 0.3 is 0 Å². The smallest absolute Gasteiger partial charge is 0.252 e. The quantitative estimate of drug-likeness (QED) is 0.580. The van der Waals surface area contributed by atoms with E-state index in [2.05, 4.69) is 16.9 Å². The molecule has 0 atom stereocenters. The van der Waals surface area contributed by atoms with Crippen LogP contribution in [-0.4, -0.2) is 17.4 Å². The number of hydrogen-bond acceptors (Lipinski definition) is 2. The zero-order valence-corrected chi connectivity index (χ0v) is 8.29. The number of nitrogens with one attached hydrogen (secondary N) is 1. The number of hydrogen-bond donors (Lipinski definition) is 1. The van der Waals surface area contributed by atoms with Gasteiger partial charge in [-0.1, -0.05) is 6.08 Å². The second-order valence-corrected chi connectivity index (χ2v) is 3.02. The fourth-order valence-electron chi connectivity index (χ4n) is 0.992. The van der Waals surface area contributed by atoms with Gasteiger partial charge in [-0.15, -0.1) is 6.58 Å². The number of carbonyl (C=O) groups is 1. The summed E-state index contributed by atoms with van der Waals surface area (Å²) < 4.78 is 0. The highest BCUT2D eigenvalue weighted by atomic mass is 16.1. The Labute approximate surface area is 83.9 Å². The molecule has 3 nitrogen and oxygen atoms in total. The molecule has 1 N–H and O–H groups in total. The molecule has 14 heavy (non-hydrogen) atoms. The van der Waals surface area contributed by atoms with Crippen molar-refractivity contribution in [2.75, 3.05) is 6.54 Å². The molecule has 1 aromatic heterocycles. The number of aryl methyl sites for hydroxylation is 1. The van der Waals surface area contributed by atoms with E-state index in [1.54, 1.807) is 18.3 Å². The lowest BCUT2D eigenvalue weighted by Gasteiger charge is -2.02. The summed E-state index contributed by atoms with van der Waals surface area (Å²) in [4.78, 5) is 15.5. The van der Waals surface area contributed by atoms with Gasteiger partial charge in [0.1, 0.15) is 0 Å². The fourth-order valence-corrected chi connectivity index (χ4v) is 0.992. The molecule has 1 amide bonds. The van der Waals surface area contributed by atoms with Crippen molar-refractivity contribution in [1.82, 2.24) is 10.3 Å². The van der Waals surface area contributed by atoms with Gasteiger partial charge in [0.15, 0.2) is 0 Å². The standard InChI is InChI=1S/C11H14N2O/c1-3-4-7-12-11(14)10-6-5-9(2)13-8-10/h3,5-6,8H,1,4,7H2,2H3,(H,12,14). The first-order valence-corrected chi connectivity index (χ1v) is 4.56. The molecular weight excluding hydrogens is 176 g/mol. The third-order valence-electron chi connectivity index (χ3n) is 1.81. The summed E-state index contributed by atoms with van der Waals surface area (Å²) in [6.45, 7) is 6.09. The number of nitrogens with zero attached hydrogens (tertiary/aromatic N) is 1. The molecule has 0 fully saturated rings. The predicted molar refractivity (Wildman–Crippen MR) is 56.1 cm³/mol. The summed E-state index contributed by atoms with van der Waals surface area (Å²) in [5.74, 6) is -0.0839. The van der Waals surface area contributed by atoms with Crippen LogP contribution in [-0.2, 0) is 0 Å². The fraction of sp³-hybridized carbons (Fsp3) is 0.273. The van der Waals surface area contributed by atoms with Crippen LogP contribution in [0.2, 0.25) is 0 Å². The number of rotatable bonds is 4. The van der Waals surface area contributed by atoms with Gasteiger partial charge in [0.05, 0.1) is 5.56 Å². The lowest BCUT2D eigenvalue weighted by atomic mass is 10.2. The number of amides is 1. The first-order chi connectivity index (χ1) is 6.74. The molecule has 0 spiro atoms. The number of pyridine rings is 1. The van der Waals surface area contributed by atoms with Crippen molar-refractivity contribution >= 4 is 5.91 Å². The molecule has 0 saturated heterocycles. The van der Waals surface area contributed by atoms with Crippen LogP contribution in [0.25, 0.3) is 0 Å². The van der Waals surface area contributed by atoms with Gasteiger partial charge in [0, 0.05) is 18.4 Å². The molecule has 0 bridgehead atoms. The SMILES string of the molecule is C=CCCNC(=O)c1ccc(C)nc1. The summed E-state index contributed by atoms with van der Waals surface area (Å²) in [7, 11) is 0. The van der Waals surface area contributed by atoms with Gasteiger partial charge in [-0.3, -0.25) is 9.78 Å². The predicted octanol–water partition coefficient (Wildman–Crippen LogP) is 1.70. The Hall–Kier alpha value is -1.64. The van der Waals surface area contributed by atoms with Crippen molar-refractivity contribution < 1.29 is 4.79 Å². The molecule has 0 saturated carbocycles. The van der Waals surface area contributed by atoms with Crippen molar-refractivity contribution in [3.63, 3.8) is 0 Å². The third-order valence-corrected chi connectivity index (χ3v) is 1.81. The topological polar surface area (TPSA) is 42.0 Å². The second-order valence-electron chi connectivity index (χ2n) is 3.02.